The minimum atomic E-state index is -0.423. The Kier molecular flexibility index (Phi) is 3.08. The van der Waals surface area contributed by atoms with Crippen LogP contribution in [0.2, 0.25) is 0 Å². The first-order valence-corrected chi connectivity index (χ1v) is 4.39. The van der Waals surface area contributed by atoms with Crippen molar-refractivity contribution in [2.24, 2.45) is 5.73 Å². The fraction of sp³-hybridized carbons (Fsp3) is 0.500. The van der Waals surface area contributed by atoms with Gasteiger partial charge in [0.1, 0.15) is 0 Å². The van der Waals surface area contributed by atoms with Crippen LogP contribution in [0.1, 0.15) is 12.1 Å². The van der Waals surface area contributed by atoms with Crippen LogP contribution in [0.5, 0.6) is 0 Å². The van der Waals surface area contributed by atoms with Crippen LogP contribution in [0.3, 0.4) is 0 Å². The maximum atomic E-state index is 11.3. The molecule has 0 unspecified atom stereocenters. The molecule has 1 aromatic rings. The number of nitrogens with two attached hydrogens (primary N) is 2. The summed E-state index contributed by atoms with van der Waals surface area (Å²) in [6, 6.07) is 1.42. The molecule has 1 aliphatic heterocycles. The Morgan fingerprint density at radius 2 is 2.00 bits per heavy atom. The molecule has 0 fully saturated rings. The van der Waals surface area contributed by atoms with Crippen LogP contribution in [-0.4, -0.2) is 16.3 Å². The van der Waals surface area contributed by atoms with E-state index in [1.54, 1.807) is 4.57 Å². The summed E-state index contributed by atoms with van der Waals surface area (Å²) in [5.74, 6) is 5.23. The number of nitrogen functional groups attached to an aromatic ring is 1. The third-order valence-electron chi connectivity index (χ3n) is 2.13. The van der Waals surface area contributed by atoms with Gasteiger partial charge in [0.25, 0.3) is 5.56 Å². The monoisotopic (exact) mass is 198 g/mol. The van der Waals surface area contributed by atoms with Gasteiger partial charge in [0.05, 0.1) is 0 Å². The van der Waals surface area contributed by atoms with E-state index < -0.39 is 11.2 Å². The number of hydrogen-bond acceptors (Lipinski definition) is 4. The predicted octanol–water partition coefficient (Wildman–Crippen LogP) is -1.76. The molecule has 14 heavy (non-hydrogen) atoms. The smallest absolute Gasteiger partial charge is 0.333 e. The summed E-state index contributed by atoms with van der Waals surface area (Å²) in [6.45, 7) is 0.672. The van der Waals surface area contributed by atoms with Gasteiger partial charge in [0.15, 0.2) is 0 Å². The van der Waals surface area contributed by atoms with Crippen LogP contribution in [0.25, 0.3) is 0 Å². The van der Waals surface area contributed by atoms with Crippen molar-refractivity contribution in [2.45, 2.75) is 19.4 Å². The van der Waals surface area contributed by atoms with Gasteiger partial charge in [-0.1, -0.05) is 0 Å². The molecule has 0 aliphatic carbocycles. The molecule has 0 atom stereocenters. The van der Waals surface area contributed by atoms with Crippen molar-refractivity contribution in [3.63, 3.8) is 0 Å². The summed E-state index contributed by atoms with van der Waals surface area (Å²) in [4.78, 5) is 22.3. The van der Waals surface area contributed by atoms with Crippen LogP contribution in [-0.2, 0) is 13.0 Å². The molecule has 0 spiro atoms. The van der Waals surface area contributed by atoms with Crippen LogP contribution < -0.4 is 22.8 Å². The maximum Gasteiger partial charge on any atom is 0.349 e. The van der Waals surface area contributed by atoms with E-state index in [0.29, 0.717) is 11.2 Å². The van der Waals surface area contributed by atoms with Gasteiger partial charge in [0, 0.05) is 18.3 Å². The Hall–Kier alpha value is -1.56. The fourth-order valence-electron chi connectivity index (χ4n) is 1.50. The highest BCUT2D eigenvalue weighted by Gasteiger charge is 2.14. The molecule has 0 amide bonds. The van der Waals surface area contributed by atoms with Crippen molar-refractivity contribution in [2.75, 3.05) is 12.9 Å². The lowest BCUT2D eigenvalue weighted by molar-refractivity contribution is 0.652. The highest BCUT2D eigenvalue weighted by molar-refractivity contribution is 5.06. The van der Waals surface area contributed by atoms with Crippen molar-refractivity contribution in [3.8, 4) is 0 Å². The van der Waals surface area contributed by atoms with E-state index >= 15 is 0 Å². The number of hydrogen-bond donors (Lipinski definition) is 2. The van der Waals surface area contributed by atoms with Gasteiger partial charge in [-0.25, -0.2) is 4.79 Å². The normalized spacial score (nSPS) is 13.0. The molecule has 0 aromatic carbocycles. The van der Waals surface area contributed by atoms with Gasteiger partial charge in [0.2, 0.25) is 0 Å². The van der Waals surface area contributed by atoms with E-state index in [0.717, 1.165) is 18.5 Å². The molecule has 6 heteroatoms. The second kappa shape index (κ2) is 4.10. The zero-order valence-corrected chi connectivity index (χ0v) is 8.06. The lowest BCUT2D eigenvalue weighted by Gasteiger charge is -2.02. The zero-order valence-electron chi connectivity index (χ0n) is 8.06. The third-order valence-corrected chi connectivity index (χ3v) is 2.13. The van der Waals surface area contributed by atoms with Gasteiger partial charge >= 0.3 is 5.69 Å². The van der Waals surface area contributed by atoms with Gasteiger partial charge in [-0.2, -0.15) is 4.68 Å². The van der Waals surface area contributed by atoms with Crippen LogP contribution >= 0.6 is 0 Å². The average molecular weight is 198 g/mol. The van der Waals surface area contributed by atoms with Crippen molar-refractivity contribution in [1.29, 1.82) is 0 Å². The molecule has 0 saturated heterocycles. The Morgan fingerprint density at radius 3 is 2.64 bits per heavy atom. The number of aryl methyl sites for hydroxylation is 1. The third kappa shape index (κ3) is 1.56. The molecule has 0 saturated carbocycles. The molecule has 78 valence electrons. The lowest BCUT2D eigenvalue weighted by atomic mass is 10.3. The average Bonchev–Trinajstić information content (AvgIpc) is 2.65. The highest BCUT2D eigenvalue weighted by Crippen LogP contribution is 2.07. The van der Waals surface area contributed by atoms with Crippen molar-refractivity contribution in [1.82, 2.24) is 9.24 Å². The Morgan fingerprint density at radius 1 is 1.36 bits per heavy atom. The van der Waals surface area contributed by atoms with Crippen LogP contribution in [0, 0.1) is 0 Å². The molecule has 1 aromatic heterocycles. The summed E-state index contributed by atoms with van der Waals surface area (Å²) in [5.41, 5.74) is 4.47. The van der Waals surface area contributed by atoms with Gasteiger partial charge in [-0.05, 0) is 19.9 Å². The quantitative estimate of drug-likeness (QED) is 0.483. The number of nitrogens with zero attached hydrogens (tertiary/aromatic N) is 2. The minimum Gasteiger partial charge on any atom is -0.333 e. The molecule has 0 radical (unpaired) electrons. The number of aromatic nitrogens is 2. The van der Waals surface area contributed by atoms with Gasteiger partial charge in [-0.15, -0.1) is 0 Å². The molecule has 2 rings (SSSR count). The molecule has 0 bridgehead atoms. The van der Waals surface area contributed by atoms with Gasteiger partial charge in [-0.3, -0.25) is 9.36 Å². The van der Waals surface area contributed by atoms with E-state index in [9.17, 15) is 9.59 Å². The number of rotatable bonds is 0. The second-order valence-corrected chi connectivity index (χ2v) is 2.88. The Labute approximate surface area is 80.7 Å². The summed E-state index contributed by atoms with van der Waals surface area (Å²) in [7, 11) is 1.50. The molecular formula is C8H14N4O2. The second-order valence-electron chi connectivity index (χ2n) is 2.88. The summed E-state index contributed by atoms with van der Waals surface area (Å²) in [6.07, 6.45) is 1.71. The van der Waals surface area contributed by atoms with E-state index in [1.165, 1.54) is 13.1 Å². The summed E-state index contributed by atoms with van der Waals surface area (Å²) < 4.78 is 2.19. The first-order chi connectivity index (χ1) is 6.70. The summed E-state index contributed by atoms with van der Waals surface area (Å²) in [5, 5.41) is 0. The molecule has 1 aliphatic rings. The topological polar surface area (TPSA) is 96.0 Å². The number of fused-ring (bicyclic) bond motifs is 1. The predicted molar refractivity (Wildman–Crippen MR) is 53.5 cm³/mol. The maximum absolute atomic E-state index is 11.3. The molecular weight excluding hydrogens is 184 g/mol. The van der Waals surface area contributed by atoms with Crippen molar-refractivity contribution in [3.05, 3.63) is 32.6 Å². The standard InChI is InChI=1S/C7H9N3O2.CH5N/c8-10-6(11)4-5-2-1-3-9(5)7(10)12;1-2/h4H,1-3,8H2;2H2,1H3. The lowest BCUT2D eigenvalue weighted by Crippen LogP contribution is -2.44. The van der Waals surface area contributed by atoms with Crippen molar-refractivity contribution >= 4 is 0 Å². The molecule has 2 heterocycles. The van der Waals surface area contributed by atoms with E-state index in [4.69, 9.17) is 5.84 Å². The Balaban J connectivity index is 0.000000461. The Bertz CT molecular complexity index is 432. The van der Waals surface area contributed by atoms with E-state index in [2.05, 4.69) is 5.73 Å². The largest absolute Gasteiger partial charge is 0.349 e. The summed E-state index contributed by atoms with van der Waals surface area (Å²) >= 11 is 0. The van der Waals surface area contributed by atoms with E-state index in [1.807, 2.05) is 0 Å². The minimum absolute atomic E-state index is 0.407. The van der Waals surface area contributed by atoms with Gasteiger partial charge < -0.3 is 11.6 Å². The highest BCUT2D eigenvalue weighted by atomic mass is 16.2. The fourth-order valence-corrected chi connectivity index (χ4v) is 1.50. The van der Waals surface area contributed by atoms with Crippen molar-refractivity contribution < 1.29 is 0 Å². The molecule has 4 N–H and O–H groups in total. The zero-order chi connectivity index (χ0) is 10.7. The first-order valence-electron chi connectivity index (χ1n) is 4.39. The first kappa shape index (κ1) is 10.5. The van der Waals surface area contributed by atoms with Crippen LogP contribution in [0.4, 0.5) is 0 Å². The van der Waals surface area contributed by atoms with Crippen LogP contribution in [0.15, 0.2) is 15.7 Å². The molecule has 6 nitrogen and oxygen atoms in total. The SMILES string of the molecule is CN.Nn1c(=O)cc2n(c1=O)CCC2. The van der Waals surface area contributed by atoms with E-state index in [-0.39, 0.29) is 0 Å².